The lowest BCUT2D eigenvalue weighted by Crippen LogP contribution is -2.45. The van der Waals surface area contributed by atoms with Gasteiger partial charge in [0.25, 0.3) is 5.91 Å². The summed E-state index contributed by atoms with van der Waals surface area (Å²) in [6, 6.07) is 6.13. The fourth-order valence-electron chi connectivity index (χ4n) is 1.97. The molecule has 0 spiro atoms. The largest absolute Gasteiger partial charge is 0.394 e. The first-order valence-electron chi connectivity index (χ1n) is 7.17. The molecule has 0 aliphatic carbocycles. The van der Waals surface area contributed by atoms with Crippen LogP contribution in [0.5, 0.6) is 0 Å². The Bertz CT molecular complexity index is 914. The zero-order valence-corrected chi connectivity index (χ0v) is 14.4. The Morgan fingerprint density at radius 1 is 1.28 bits per heavy atom. The molecule has 0 bridgehead atoms. The van der Waals surface area contributed by atoms with Crippen molar-refractivity contribution in [2.24, 2.45) is 0 Å². The number of rotatable bonds is 5. The van der Waals surface area contributed by atoms with Crippen LogP contribution in [0.1, 0.15) is 12.5 Å². The van der Waals surface area contributed by atoms with Crippen LogP contribution in [0, 0.1) is 13.5 Å². The van der Waals surface area contributed by atoms with Crippen LogP contribution in [0.4, 0.5) is 11.6 Å². The van der Waals surface area contributed by atoms with Gasteiger partial charge in [-0.1, -0.05) is 17.7 Å². The van der Waals surface area contributed by atoms with Gasteiger partial charge in [0.1, 0.15) is 18.1 Å². The maximum absolute atomic E-state index is 12.4. The van der Waals surface area contributed by atoms with Gasteiger partial charge in [-0.05, 0) is 26.0 Å². The smallest absolute Gasteiger partial charge is 0.371 e. The molecule has 130 valence electrons. The molecule has 0 saturated carbocycles. The van der Waals surface area contributed by atoms with Gasteiger partial charge in [0.05, 0.1) is 10.6 Å². The SMILES string of the molecule is [C-]#[N+]c1ncc(NC(=O)[C@@](C)(O)CS(=O)(=O)c2ccc(C)cc2)cn1. The van der Waals surface area contributed by atoms with Crippen LogP contribution >= 0.6 is 0 Å². The third-order valence-corrected chi connectivity index (χ3v) is 5.27. The van der Waals surface area contributed by atoms with Gasteiger partial charge >= 0.3 is 5.95 Å². The maximum atomic E-state index is 12.4. The van der Waals surface area contributed by atoms with Crippen molar-refractivity contribution in [1.29, 1.82) is 0 Å². The molecule has 1 atom stereocenters. The zero-order chi connectivity index (χ0) is 18.7. The first-order chi connectivity index (χ1) is 11.6. The standard InChI is InChI=1S/C16H16N4O4S/c1-11-4-6-13(7-5-11)25(23,24)10-16(2,22)14(21)20-12-8-18-15(17-3)19-9-12/h4-9,22H,10H2,1-2H3,(H,20,21)/t16-/m0/s1. The first-order valence-corrected chi connectivity index (χ1v) is 8.82. The monoisotopic (exact) mass is 360 g/mol. The summed E-state index contributed by atoms with van der Waals surface area (Å²) in [5, 5.41) is 12.7. The number of nitrogens with one attached hydrogen (secondary N) is 1. The molecule has 1 aromatic carbocycles. The first kappa shape index (κ1) is 18.5. The van der Waals surface area contributed by atoms with Crippen molar-refractivity contribution in [3.05, 3.63) is 53.6 Å². The highest BCUT2D eigenvalue weighted by atomic mass is 32.2. The van der Waals surface area contributed by atoms with Crippen molar-refractivity contribution in [2.75, 3.05) is 11.1 Å². The van der Waals surface area contributed by atoms with Crippen molar-refractivity contribution in [2.45, 2.75) is 24.3 Å². The van der Waals surface area contributed by atoms with Gasteiger partial charge in [-0.25, -0.2) is 8.42 Å². The Hall–Kier alpha value is -2.83. The van der Waals surface area contributed by atoms with E-state index in [1.165, 1.54) is 24.5 Å². The predicted octanol–water partition coefficient (Wildman–Crippen LogP) is 1.50. The summed E-state index contributed by atoms with van der Waals surface area (Å²) in [5.74, 6) is -1.79. The number of anilines is 1. The second-order valence-corrected chi connectivity index (χ2v) is 7.67. The number of carbonyl (C=O) groups is 1. The molecule has 2 N–H and O–H groups in total. The summed E-state index contributed by atoms with van der Waals surface area (Å²) < 4.78 is 24.8. The van der Waals surface area contributed by atoms with Crippen LogP contribution in [0.15, 0.2) is 41.6 Å². The molecular formula is C16H16N4O4S. The number of amides is 1. The minimum Gasteiger partial charge on any atom is -0.394 e. The number of carbonyl (C=O) groups excluding carboxylic acids is 1. The third kappa shape index (κ3) is 4.59. The molecule has 1 amide bonds. The molecule has 1 heterocycles. The van der Waals surface area contributed by atoms with E-state index < -0.39 is 27.1 Å². The molecule has 0 aliphatic rings. The lowest BCUT2D eigenvalue weighted by atomic mass is 10.1. The van der Waals surface area contributed by atoms with E-state index in [4.69, 9.17) is 6.57 Å². The van der Waals surface area contributed by atoms with E-state index in [0.717, 1.165) is 12.5 Å². The Labute approximate surface area is 145 Å². The lowest BCUT2D eigenvalue weighted by molar-refractivity contribution is -0.130. The van der Waals surface area contributed by atoms with E-state index in [9.17, 15) is 18.3 Å². The van der Waals surface area contributed by atoms with Gasteiger partial charge in [-0.15, -0.1) is 6.57 Å². The highest BCUT2D eigenvalue weighted by molar-refractivity contribution is 7.91. The Morgan fingerprint density at radius 2 is 1.84 bits per heavy atom. The number of benzene rings is 1. The Balaban J connectivity index is 2.14. The van der Waals surface area contributed by atoms with Gasteiger partial charge < -0.3 is 15.3 Å². The summed E-state index contributed by atoms with van der Waals surface area (Å²) in [5.41, 5.74) is -1.13. The van der Waals surface area contributed by atoms with Gasteiger partial charge in [-0.3, -0.25) is 4.79 Å². The number of hydrogen-bond donors (Lipinski definition) is 2. The number of hydrogen-bond acceptors (Lipinski definition) is 6. The van der Waals surface area contributed by atoms with E-state index in [1.807, 2.05) is 6.92 Å². The van der Waals surface area contributed by atoms with E-state index in [1.54, 1.807) is 12.1 Å². The average Bonchev–Trinajstić information content (AvgIpc) is 2.55. The number of aliphatic hydroxyl groups is 1. The molecule has 0 saturated heterocycles. The summed E-state index contributed by atoms with van der Waals surface area (Å²) in [6.07, 6.45) is 2.39. The highest BCUT2D eigenvalue weighted by Crippen LogP contribution is 2.19. The van der Waals surface area contributed by atoms with Gasteiger partial charge in [-0.2, -0.15) is 9.97 Å². The molecule has 2 rings (SSSR count). The fourth-order valence-corrected chi connectivity index (χ4v) is 3.56. The van der Waals surface area contributed by atoms with E-state index in [0.29, 0.717) is 0 Å². The van der Waals surface area contributed by atoms with Crippen LogP contribution < -0.4 is 5.32 Å². The number of aromatic nitrogens is 2. The van der Waals surface area contributed by atoms with Crippen LogP contribution in [-0.4, -0.2) is 40.8 Å². The van der Waals surface area contributed by atoms with Crippen molar-refractivity contribution < 1.29 is 18.3 Å². The minimum absolute atomic E-state index is 0.0240. The Morgan fingerprint density at radius 3 is 2.36 bits per heavy atom. The fraction of sp³-hybridized carbons (Fsp3) is 0.250. The van der Waals surface area contributed by atoms with Crippen molar-refractivity contribution >= 4 is 27.4 Å². The predicted molar refractivity (Wildman–Crippen MR) is 90.8 cm³/mol. The molecule has 9 heteroatoms. The lowest BCUT2D eigenvalue weighted by Gasteiger charge is -2.21. The molecule has 25 heavy (non-hydrogen) atoms. The van der Waals surface area contributed by atoms with Crippen LogP contribution in [0.3, 0.4) is 0 Å². The molecule has 0 unspecified atom stereocenters. The third-order valence-electron chi connectivity index (χ3n) is 3.34. The number of sulfone groups is 1. The van der Waals surface area contributed by atoms with Crippen LogP contribution in [0.25, 0.3) is 4.85 Å². The van der Waals surface area contributed by atoms with E-state index >= 15 is 0 Å². The molecule has 2 aromatic rings. The molecule has 8 nitrogen and oxygen atoms in total. The maximum Gasteiger partial charge on any atom is 0.371 e. The molecular weight excluding hydrogens is 344 g/mol. The summed E-state index contributed by atoms with van der Waals surface area (Å²) >= 11 is 0. The van der Waals surface area contributed by atoms with Gasteiger partial charge in [0.2, 0.25) is 0 Å². The Kier molecular flexibility index (Phi) is 5.15. The molecule has 1 aromatic heterocycles. The molecule has 0 radical (unpaired) electrons. The van der Waals surface area contributed by atoms with Gasteiger partial charge in [0.15, 0.2) is 15.4 Å². The zero-order valence-electron chi connectivity index (χ0n) is 13.6. The van der Waals surface area contributed by atoms with Crippen molar-refractivity contribution in [3.8, 4) is 0 Å². The summed E-state index contributed by atoms with van der Waals surface area (Å²) in [4.78, 5) is 22.6. The van der Waals surface area contributed by atoms with Crippen molar-refractivity contribution in [3.63, 3.8) is 0 Å². The number of aryl methyl sites for hydroxylation is 1. The van der Waals surface area contributed by atoms with E-state index in [2.05, 4.69) is 20.1 Å². The average molecular weight is 360 g/mol. The number of nitrogens with zero attached hydrogens (tertiary/aromatic N) is 3. The molecule has 0 aliphatic heterocycles. The second kappa shape index (κ2) is 6.96. The van der Waals surface area contributed by atoms with Gasteiger partial charge in [0, 0.05) is 0 Å². The van der Waals surface area contributed by atoms with E-state index in [-0.39, 0.29) is 16.5 Å². The normalized spacial score (nSPS) is 13.5. The van der Waals surface area contributed by atoms with Crippen LogP contribution in [-0.2, 0) is 14.6 Å². The quantitative estimate of drug-likeness (QED) is 0.781. The topological polar surface area (TPSA) is 114 Å². The van der Waals surface area contributed by atoms with Crippen LogP contribution in [0.2, 0.25) is 0 Å². The minimum atomic E-state index is -3.86. The summed E-state index contributed by atoms with van der Waals surface area (Å²) in [6.45, 7) is 9.69. The van der Waals surface area contributed by atoms with Crippen molar-refractivity contribution in [1.82, 2.24) is 9.97 Å². The summed E-state index contributed by atoms with van der Waals surface area (Å²) in [7, 11) is -3.86. The highest BCUT2D eigenvalue weighted by Gasteiger charge is 2.36. The molecule has 0 fully saturated rings. The second-order valence-electron chi connectivity index (χ2n) is 5.68.